The number of rotatable bonds is 4. The monoisotopic (exact) mass is 250 g/mol. The molecule has 0 bridgehead atoms. The van der Waals surface area contributed by atoms with E-state index in [-0.39, 0.29) is 12.7 Å². The van der Waals surface area contributed by atoms with E-state index in [1.807, 2.05) is 6.92 Å². The van der Waals surface area contributed by atoms with Crippen LogP contribution in [-0.2, 0) is 6.61 Å². The Kier molecular flexibility index (Phi) is 4.53. The lowest BCUT2D eigenvalue weighted by Gasteiger charge is -2.30. The first kappa shape index (κ1) is 13.3. The Morgan fingerprint density at radius 1 is 1.39 bits per heavy atom. The summed E-state index contributed by atoms with van der Waals surface area (Å²) in [5.41, 5.74) is 1.56. The Balaban J connectivity index is 2.05. The minimum Gasteiger partial charge on any atom is -0.460 e. The summed E-state index contributed by atoms with van der Waals surface area (Å²) < 4.78 is 5.94. The van der Waals surface area contributed by atoms with Gasteiger partial charge in [-0.25, -0.2) is 9.97 Å². The summed E-state index contributed by atoms with van der Waals surface area (Å²) in [5.74, 6) is 0.625. The van der Waals surface area contributed by atoms with Gasteiger partial charge in [0.15, 0.2) is 0 Å². The Bertz CT molecular complexity index is 395. The predicted molar refractivity (Wildman–Crippen MR) is 69.4 cm³/mol. The zero-order valence-electron chi connectivity index (χ0n) is 11.2. The van der Waals surface area contributed by atoms with Crippen molar-refractivity contribution < 1.29 is 9.84 Å². The van der Waals surface area contributed by atoms with Crippen LogP contribution in [0.2, 0.25) is 0 Å². The first-order valence-electron chi connectivity index (χ1n) is 6.84. The zero-order valence-corrected chi connectivity index (χ0v) is 11.2. The van der Waals surface area contributed by atoms with Crippen LogP contribution in [0.4, 0.5) is 0 Å². The van der Waals surface area contributed by atoms with Crippen LogP contribution in [0.15, 0.2) is 6.20 Å². The molecule has 2 rings (SSSR count). The van der Waals surface area contributed by atoms with Gasteiger partial charge < -0.3 is 9.84 Å². The Morgan fingerprint density at radius 2 is 2.17 bits per heavy atom. The van der Waals surface area contributed by atoms with Crippen molar-refractivity contribution in [3.8, 4) is 6.01 Å². The van der Waals surface area contributed by atoms with Gasteiger partial charge in [0.25, 0.3) is 0 Å². The molecular formula is C14H22N2O2. The lowest BCUT2D eigenvalue weighted by atomic mass is 9.85. The van der Waals surface area contributed by atoms with Crippen LogP contribution in [0.5, 0.6) is 6.01 Å². The summed E-state index contributed by atoms with van der Waals surface area (Å²) in [7, 11) is 0. The molecule has 1 fully saturated rings. The maximum absolute atomic E-state index is 9.09. The summed E-state index contributed by atoms with van der Waals surface area (Å²) in [6.07, 6.45) is 7.94. The molecule has 1 aliphatic carbocycles. The Morgan fingerprint density at radius 3 is 2.83 bits per heavy atom. The topological polar surface area (TPSA) is 55.2 Å². The molecule has 2 atom stereocenters. The third-order valence-corrected chi connectivity index (χ3v) is 3.85. The van der Waals surface area contributed by atoms with E-state index in [0.29, 0.717) is 11.9 Å². The minimum absolute atomic E-state index is 0.0207. The molecule has 100 valence electrons. The van der Waals surface area contributed by atoms with Gasteiger partial charge in [-0.1, -0.05) is 13.3 Å². The lowest BCUT2D eigenvalue weighted by molar-refractivity contribution is 0.0806. The number of nitrogens with zero attached hydrogens (tertiary/aromatic N) is 2. The van der Waals surface area contributed by atoms with Gasteiger partial charge in [0.1, 0.15) is 6.10 Å². The predicted octanol–water partition coefficient (Wildman–Crippen LogP) is 2.62. The largest absolute Gasteiger partial charge is 0.460 e. The first-order chi connectivity index (χ1) is 8.74. The van der Waals surface area contributed by atoms with E-state index in [1.54, 1.807) is 6.20 Å². The maximum Gasteiger partial charge on any atom is 0.316 e. The number of aliphatic hydroxyl groups excluding tert-OH is 1. The van der Waals surface area contributed by atoms with Crippen LogP contribution in [0.1, 0.15) is 50.3 Å². The summed E-state index contributed by atoms with van der Waals surface area (Å²) >= 11 is 0. The fourth-order valence-corrected chi connectivity index (χ4v) is 2.61. The molecule has 1 aromatic rings. The van der Waals surface area contributed by atoms with Crippen LogP contribution in [0.25, 0.3) is 0 Å². The normalized spacial score (nSPS) is 23.9. The highest BCUT2D eigenvalue weighted by Crippen LogP contribution is 2.29. The van der Waals surface area contributed by atoms with Crippen LogP contribution < -0.4 is 4.74 Å². The van der Waals surface area contributed by atoms with E-state index in [9.17, 15) is 0 Å². The Labute approximate surface area is 108 Å². The fraction of sp³-hybridized carbons (Fsp3) is 0.714. The number of aryl methyl sites for hydroxylation is 1. The number of aliphatic hydroxyl groups is 1. The average molecular weight is 250 g/mol. The van der Waals surface area contributed by atoms with Gasteiger partial charge >= 0.3 is 6.01 Å². The molecule has 1 N–H and O–H groups in total. The molecule has 0 radical (unpaired) electrons. The van der Waals surface area contributed by atoms with Gasteiger partial charge in [-0.2, -0.15) is 0 Å². The van der Waals surface area contributed by atoms with E-state index < -0.39 is 0 Å². The maximum atomic E-state index is 9.09. The molecule has 18 heavy (non-hydrogen) atoms. The van der Waals surface area contributed by atoms with Crippen LogP contribution >= 0.6 is 0 Å². The SMILES string of the molecule is CCC1CCCCC1Oc1ncc(CO)c(C)n1. The van der Waals surface area contributed by atoms with E-state index in [2.05, 4.69) is 16.9 Å². The summed E-state index contributed by atoms with van der Waals surface area (Å²) in [5, 5.41) is 9.09. The highest BCUT2D eigenvalue weighted by atomic mass is 16.5. The number of hydrogen-bond acceptors (Lipinski definition) is 4. The molecule has 4 heteroatoms. The Hall–Kier alpha value is -1.16. The molecule has 0 aromatic carbocycles. The molecule has 0 aliphatic heterocycles. The second-order valence-corrected chi connectivity index (χ2v) is 5.03. The van der Waals surface area contributed by atoms with E-state index in [1.165, 1.54) is 19.3 Å². The van der Waals surface area contributed by atoms with Gasteiger partial charge in [0.05, 0.1) is 12.3 Å². The molecule has 1 aliphatic rings. The molecular weight excluding hydrogens is 228 g/mol. The standard InChI is InChI=1S/C14H22N2O2/c1-3-11-6-4-5-7-13(11)18-14-15-8-12(9-17)10(2)16-14/h8,11,13,17H,3-7,9H2,1-2H3. The van der Waals surface area contributed by atoms with Gasteiger partial charge in [-0.05, 0) is 38.5 Å². The van der Waals surface area contributed by atoms with E-state index in [0.717, 1.165) is 24.1 Å². The summed E-state index contributed by atoms with van der Waals surface area (Å²) in [4.78, 5) is 8.49. The molecule has 2 unspecified atom stereocenters. The third kappa shape index (κ3) is 2.99. The van der Waals surface area contributed by atoms with Crippen molar-refractivity contribution in [2.45, 2.75) is 58.7 Å². The van der Waals surface area contributed by atoms with E-state index in [4.69, 9.17) is 9.84 Å². The number of ether oxygens (including phenoxy) is 1. The highest BCUT2D eigenvalue weighted by molar-refractivity contribution is 5.16. The van der Waals surface area contributed by atoms with Crippen LogP contribution in [0, 0.1) is 12.8 Å². The van der Waals surface area contributed by atoms with Crippen molar-refractivity contribution in [1.82, 2.24) is 9.97 Å². The first-order valence-corrected chi connectivity index (χ1v) is 6.84. The van der Waals surface area contributed by atoms with Gasteiger partial charge in [-0.15, -0.1) is 0 Å². The van der Waals surface area contributed by atoms with Crippen molar-refractivity contribution in [2.24, 2.45) is 5.92 Å². The van der Waals surface area contributed by atoms with Crippen LogP contribution in [-0.4, -0.2) is 21.2 Å². The molecule has 0 spiro atoms. The molecule has 1 aromatic heterocycles. The second kappa shape index (κ2) is 6.14. The average Bonchev–Trinajstić information content (AvgIpc) is 2.39. The van der Waals surface area contributed by atoms with Gasteiger partial charge in [-0.3, -0.25) is 0 Å². The summed E-state index contributed by atoms with van der Waals surface area (Å²) in [6.45, 7) is 4.07. The molecule has 1 saturated carbocycles. The third-order valence-electron chi connectivity index (χ3n) is 3.85. The molecule has 1 heterocycles. The molecule has 0 amide bonds. The van der Waals surface area contributed by atoms with Gasteiger partial charge in [0.2, 0.25) is 0 Å². The highest BCUT2D eigenvalue weighted by Gasteiger charge is 2.26. The van der Waals surface area contributed by atoms with Crippen molar-refractivity contribution in [1.29, 1.82) is 0 Å². The quantitative estimate of drug-likeness (QED) is 0.892. The summed E-state index contributed by atoms with van der Waals surface area (Å²) in [6, 6.07) is 0.454. The minimum atomic E-state index is -0.0207. The van der Waals surface area contributed by atoms with Crippen molar-refractivity contribution >= 4 is 0 Å². The van der Waals surface area contributed by atoms with E-state index >= 15 is 0 Å². The lowest BCUT2D eigenvalue weighted by Crippen LogP contribution is -2.30. The van der Waals surface area contributed by atoms with Crippen molar-refractivity contribution in [3.05, 3.63) is 17.5 Å². The fourth-order valence-electron chi connectivity index (χ4n) is 2.61. The molecule has 4 nitrogen and oxygen atoms in total. The smallest absolute Gasteiger partial charge is 0.316 e. The van der Waals surface area contributed by atoms with Crippen molar-refractivity contribution in [2.75, 3.05) is 0 Å². The number of aromatic nitrogens is 2. The molecule has 0 saturated heterocycles. The second-order valence-electron chi connectivity index (χ2n) is 5.03. The number of hydrogen-bond donors (Lipinski definition) is 1. The van der Waals surface area contributed by atoms with Crippen molar-refractivity contribution in [3.63, 3.8) is 0 Å². The van der Waals surface area contributed by atoms with Gasteiger partial charge in [0, 0.05) is 11.8 Å². The zero-order chi connectivity index (χ0) is 13.0. The van der Waals surface area contributed by atoms with Crippen LogP contribution in [0.3, 0.4) is 0 Å².